The lowest BCUT2D eigenvalue weighted by molar-refractivity contribution is -0.870. The number of unbranched alkanes of at least 4 members (excludes halogenated alkanes) is 25. The lowest BCUT2D eigenvalue weighted by Gasteiger charge is -2.28. The first-order valence-electron chi connectivity index (χ1n) is 31.6. The number of carbonyl (C=O) groups is 2. The van der Waals surface area contributed by atoms with Gasteiger partial charge in [-0.15, -0.1) is 0 Å². The van der Waals surface area contributed by atoms with Crippen LogP contribution in [0.2, 0.25) is 0 Å². The number of likely N-dealkylation sites (N-methyl/N-ethyl adjacent to an activating group) is 1. The van der Waals surface area contributed by atoms with Crippen molar-refractivity contribution in [3.05, 3.63) is 109 Å². The number of ether oxygens (including phenoxy) is 2. The number of carbonyl (C=O) groups excluding carboxylic acids is 2. The van der Waals surface area contributed by atoms with Gasteiger partial charge in [-0.2, -0.15) is 0 Å². The molecule has 0 aromatic rings. The van der Waals surface area contributed by atoms with Crippen LogP contribution in [0.25, 0.3) is 0 Å². The van der Waals surface area contributed by atoms with E-state index in [0.29, 0.717) is 23.9 Å². The molecule has 9 nitrogen and oxygen atoms in total. The van der Waals surface area contributed by atoms with Crippen molar-refractivity contribution in [3.63, 3.8) is 0 Å². The quantitative estimate of drug-likeness (QED) is 0.0195. The molecule has 0 spiro atoms. The third-order valence-electron chi connectivity index (χ3n) is 13.3. The lowest BCUT2D eigenvalue weighted by atomic mass is 10.0. The van der Waals surface area contributed by atoms with Gasteiger partial charge in [0.25, 0.3) is 7.82 Å². The maximum atomic E-state index is 12.8. The van der Waals surface area contributed by atoms with Crippen LogP contribution >= 0.6 is 7.82 Å². The summed E-state index contributed by atoms with van der Waals surface area (Å²) in [6, 6.07) is 0. The van der Waals surface area contributed by atoms with E-state index in [-0.39, 0.29) is 26.1 Å². The van der Waals surface area contributed by atoms with Crippen LogP contribution < -0.4 is 4.89 Å². The van der Waals surface area contributed by atoms with E-state index >= 15 is 0 Å². The van der Waals surface area contributed by atoms with E-state index in [0.717, 1.165) is 77.0 Å². The van der Waals surface area contributed by atoms with Crippen molar-refractivity contribution in [1.29, 1.82) is 0 Å². The molecule has 0 radical (unpaired) electrons. The molecule has 0 rings (SSSR count). The van der Waals surface area contributed by atoms with Crippen LogP contribution in [-0.2, 0) is 32.7 Å². The molecule has 0 aliphatic heterocycles. The highest BCUT2D eigenvalue weighted by Crippen LogP contribution is 2.38. The van der Waals surface area contributed by atoms with Crippen molar-refractivity contribution in [2.24, 2.45) is 0 Å². The Balaban J connectivity index is 4.24. The van der Waals surface area contributed by atoms with Gasteiger partial charge in [-0.3, -0.25) is 14.2 Å². The fourth-order valence-electron chi connectivity index (χ4n) is 8.48. The van der Waals surface area contributed by atoms with Gasteiger partial charge in [-0.1, -0.05) is 277 Å². The number of hydrogen-bond donors (Lipinski definition) is 0. The normalized spacial score (nSPS) is 14.0. The molecule has 0 saturated heterocycles. The summed E-state index contributed by atoms with van der Waals surface area (Å²) in [5.41, 5.74) is 0. The SMILES string of the molecule is CC/C=C\C/C=C\C/C=C\C/C=C\C/C=C\C/C=C\C/C=C\C/C=C\C/C=C\CCCC(=O)OC(COC(=O)CCCCCCCCCCCCCCCCCCCCCCCCCCC)COP(=O)([O-])OCC[N+](C)(C)C. The predicted octanol–water partition coefficient (Wildman–Crippen LogP) is 19.5. The number of allylic oxidation sites excluding steroid dienone is 18. The number of phosphoric ester groups is 1. The molecule has 0 bridgehead atoms. The van der Waals surface area contributed by atoms with Crippen molar-refractivity contribution in [3.8, 4) is 0 Å². The Morgan fingerprint density at radius 1 is 0.410 bits per heavy atom. The van der Waals surface area contributed by atoms with Crippen LogP contribution in [-0.4, -0.2) is 70.0 Å². The number of esters is 2. The van der Waals surface area contributed by atoms with Gasteiger partial charge in [0.15, 0.2) is 6.10 Å². The van der Waals surface area contributed by atoms with Crippen LogP contribution in [0, 0.1) is 0 Å². The highest BCUT2D eigenvalue weighted by molar-refractivity contribution is 7.45. The summed E-state index contributed by atoms with van der Waals surface area (Å²) < 4.78 is 34.1. The summed E-state index contributed by atoms with van der Waals surface area (Å²) in [5.74, 6) is -0.901. The second kappa shape index (κ2) is 58.3. The highest BCUT2D eigenvalue weighted by atomic mass is 31.2. The van der Waals surface area contributed by atoms with Crippen molar-refractivity contribution in [1.82, 2.24) is 0 Å². The van der Waals surface area contributed by atoms with E-state index in [1.54, 1.807) is 0 Å². The zero-order valence-electron chi connectivity index (χ0n) is 50.8. The molecule has 0 aliphatic rings. The van der Waals surface area contributed by atoms with E-state index in [4.69, 9.17) is 18.5 Å². The van der Waals surface area contributed by atoms with E-state index < -0.39 is 32.5 Å². The smallest absolute Gasteiger partial charge is 0.306 e. The van der Waals surface area contributed by atoms with Crippen LogP contribution in [0.15, 0.2) is 109 Å². The van der Waals surface area contributed by atoms with E-state index in [9.17, 15) is 19.0 Å². The van der Waals surface area contributed by atoms with Crippen molar-refractivity contribution >= 4 is 19.8 Å². The summed E-state index contributed by atoms with van der Waals surface area (Å²) in [4.78, 5) is 37.9. The van der Waals surface area contributed by atoms with Crippen LogP contribution in [0.1, 0.15) is 258 Å². The molecule has 0 aromatic carbocycles. The molecular weight excluding hydrogens is 990 g/mol. The number of quaternary nitrogens is 1. The monoisotopic (exact) mass is 1110 g/mol. The molecule has 0 amide bonds. The van der Waals surface area contributed by atoms with Gasteiger partial charge in [0.2, 0.25) is 0 Å². The molecular formula is C68H118NO8P. The summed E-state index contributed by atoms with van der Waals surface area (Å²) in [6.07, 6.45) is 81.6. The maximum Gasteiger partial charge on any atom is 0.306 e. The average molecular weight is 1110 g/mol. The summed E-state index contributed by atoms with van der Waals surface area (Å²) >= 11 is 0. The number of hydrogen-bond acceptors (Lipinski definition) is 8. The van der Waals surface area contributed by atoms with Gasteiger partial charge in [0.05, 0.1) is 27.7 Å². The van der Waals surface area contributed by atoms with Gasteiger partial charge in [0.1, 0.15) is 19.8 Å². The third-order valence-corrected chi connectivity index (χ3v) is 14.3. The number of rotatable bonds is 57. The maximum absolute atomic E-state index is 12.8. The van der Waals surface area contributed by atoms with Gasteiger partial charge in [0, 0.05) is 12.8 Å². The van der Waals surface area contributed by atoms with E-state index in [1.165, 1.54) is 141 Å². The topological polar surface area (TPSA) is 111 Å². The van der Waals surface area contributed by atoms with Gasteiger partial charge >= 0.3 is 11.9 Å². The minimum Gasteiger partial charge on any atom is -0.756 e. The molecule has 2 atom stereocenters. The molecule has 2 unspecified atom stereocenters. The second-order valence-corrected chi connectivity index (χ2v) is 23.5. The van der Waals surface area contributed by atoms with E-state index in [2.05, 4.69) is 117 Å². The molecule has 0 fully saturated rings. The Kier molecular flexibility index (Phi) is 55.8. The molecule has 0 aromatic heterocycles. The first kappa shape index (κ1) is 74.7. The fraction of sp³-hybridized carbons (Fsp3) is 0.706. The standard InChI is InChI=1S/C68H118NO8P/c1-6-8-10-12-14-16-18-20-22-24-26-28-30-32-33-34-35-37-39-41-43-45-47-49-51-53-55-57-59-61-68(71)77-66(65-76-78(72,73)75-63-62-69(3,4)5)64-74-67(70)60-58-56-54-52-50-48-46-44-42-40-38-36-31-29-27-25-23-21-19-17-15-13-11-9-7-2/h8,10,14,16,20,22,26,28,32-33,35,37,41,43,47,49,53,55,66H,6-7,9,11-13,15,17-19,21,23-25,27,29-31,34,36,38-40,42,44-46,48,50-52,54,56-65H2,1-5H3/b10-8-,16-14-,22-20-,28-26-,33-32-,37-35-,43-41-,49-47-,55-53-. The van der Waals surface area contributed by atoms with Crippen molar-refractivity contribution in [2.75, 3.05) is 47.5 Å². The Morgan fingerprint density at radius 3 is 1.08 bits per heavy atom. The minimum absolute atomic E-state index is 0.0462. The average Bonchev–Trinajstić information content (AvgIpc) is 3.41. The van der Waals surface area contributed by atoms with Crippen molar-refractivity contribution in [2.45, 2.75) is 264 Å². The van der Waals surface area contributed by atoms with Gasteiger partial charge in [-0.05, 0) is 77.0 Å². The molecule has 0 N–H and O–H groups in total. The minimum atomic E-state index is -4.66. The molecule has 10 heteroatoms. The summed E-state index contributed by atoms with van der Waals surface area (Å²) in [7, 11) is 1.12. The predicted molar refractivity (Wildman–Crippen MR) is 332 cm³/mol. The Morgan fingerprint density at radius 2 is 0.731 bits per heavy atom. The Labute approximate surface area is 480 Å². The van der Waals surface area contributed by atoms with Gasteiger partial charge < -0.3 is 27.9 Å². The van der Waals surface area contributed by atoms with E-state index in [1.807, 2.05) is 27.2 Å². The molecule has 0 aliphatic carbocycles. The largest absolute Gasteiger partial charge is 0.756 e. The molecule has 448 valence electrons. The Hall–Kier alpha value is -3.33. The summed E-state index contributed by atoms with van der Waals surface area (Å²) in [5, 5.41) is 0. The Bertz CT molecular complexity index is 1680. The number of phosphoric acid groups is 1. The van der Waals surface area contributed by atoms with Crippen LogP contribution in [0.5, 0.6) is 0 Å². The van der Waals surface area contributed by atoms with Crippen molar-refractivity contribution < 1.29 is 42.1 Å². The first-order valence-corrected chi connectivity index (χ1v) is 33.1. The fourth-order valence-corrected chi connectivity index (χ4v) is 9.21. The molecule has 78 heavy (non-hydrogen) atoms. The van der Waals surface area contributed by atoms with Crippen LogP contribution in [0.4, 0.5) is 0 Å². The zero-order valence-corrected chi connectivity index (χ0v) is 51.7. The zero-order chi connectivity index (χ0) is 57.0. The third kappa shape index (κ3) is 61.9. The number of nitrogens with zero attached hydrogens (tertiary/aromatic N) is 1. The lowest BCUT2D eigenvalue weighted by Crippen LogP contribution is -2.37. The molecule has 0 heterocycles. The second-order valence-electron chi connectivity index (χ2n) is 22.0. The molecule has 0 saturated carbocycles. The van der Waals surface area contributed by atoms with Crippen LogP contribution in [0.3, 0.4) is 0 Å². The first-order chi connectivity index (χ1) is 38.0. The highest BCUT2D eigenvalue weighted by Gasteiger charge is 2.21. The summed E-state index contributed by atoms with van der Waals surface area (Å²) in [6.45, 7) is 4.08. The van der Waals surface area contributed by atoms with Gasteiger partial charge in [-0.25, -0.2) is 0 Å².